The maximum absolute atomic E-state index is 11.3. The molecule has 0 radical (unpaired) electrons. The Balaban J connectivity index is 1.57. The van der Waals surface area contributed by atoms with Gasteiger partial charge in [0.25, 0.3) is 5.69 Å². The molecule has 2 aromatic rings. The van der Waals surface area contributed by atoms with Crippen LogP contribution in [-0.2, 0) is 14.2 Å². The van der Waals surface area contributed by atoms with E-state index in [4.69, 9.17) is 18.9 Å². The Morgan fingerprint density at radius 2 is 2.06 bits per heavy atom. The molecule has 2 aliphatic heterocycles. The number of hydrogen-bond acceptors (Lipinski definition) is 8. The Kier molecular flexibility index (Phi) is 7.87. The van der Waals surface area contributed by atoms with Crippen molar-refractivity contribution in [2.75, 3.05) is 33.0 Å². The molecule has 1 aromatic carbocycles. The van der Waals surface area contributed by atoms with Crippen molar-refractivity contribution in [3.63, 3.8) is 0 Å². The van der Waals surface area contributed by atoms with Crippen LogP contribution in [0, 0.1) is 17.0 Å². The van der Waals surface area contributed by atoms with E-state index in [0.29, 0.717) is 44.4 Å². The van der Waals surface area contributed by atoms with Crippen molar-refractivity contribution in [3.05, 3.63) is 51.7 Å². The standard InChI is InChI=1S/C24H30N2O7/c1-16-5-6-18(26(28)29)14-20(16)17-12-21(19-7-9-30-15-22(19)27)25-23(13-17)31-10-11-33-24-4-2-3-8-32-24/h5-6,12-14,19,22,24,27H,2-4,7-11,15H2,1H3. The van der Waals surface area contributed by atoms with Gasteiger partial charge in [0, 0.05) is 37.3 Å². The lowest BCUT2D eigenvalue weighted by Crippen LogP contribution is -2.31. The van der Waals surface area contributed by atoms with Crippen molar-refractivity contribution in [2.24, 2.45) is 0 Å². The number of nitro benzene ring substituents is 1. The molecule has 0 spiro atoms. The molecule has 2 fully saturated rings. The predicted octanol–water partition coefficient (Wildman–Crippen LogP) is 3.75. The van der Waals surface area contributed by atoms with Crippen LogP contribution < -0.4 is 4.74 Å². The van der Waals surface area contributed by atoms with Gasteiger partial charge in [-0.15, -0.1) is 0 Å². The van der Waals surface area contributed by atoms with Crippen molar-refractivity contribution >= 4 is 5.69 Å². The average molecular weight is 459 g/mol. The van der Waals surface area contributed by atoms with E-state index in [1.807, 2.05) is 13.0 Å². The Morgan fingerprint density at radius 1 is 1.18 bits per heavy atom. The van der Waals surface area contributed by atoms with Crippen LogP contribution in [0.4, 0.5) is 5.69 Å². The van der Waals surface area contributed by atoms with Gasteiger partial charge in [0.15, 0.2) is 6.29 Å². The molecule has 0 amide bonds. The highest BCUT2D eigenvalue weighted by Crippen LogP contribution is 2.34. The zero-order valence-electron chi connectivity index (χ0n) is 18.8. The summed E-state index contributed by atoms with van der Waals surface area (Å²) in [4.78, 5) is 15.6. The van der Waals surface area contributed by atoms with Crippen molar-refractivity contribution in [2.45, 2.75) is 50.9 Å². The van der Waals surface area contributed by atoms with Crippen LogP contribution in [0.25, 0.3) is 11.1 Å². The van der Waals surface area contributed by atoms with Crippen molar-refractivity contribution < 1.29 is 29.0 Å². The second kappa shape index (κ2) is 11.0. The average Bonchev–Trinajstić information content (AvgIpc) is 2.83. The van der Waals surface area contributed by atoms with Gasteiger partial charge in [0.05, 0.1) is 29.9 Å². The molecule has 178 valence electrons. The number of aryl methyl sites for hydroxylation is 1. The summed E-state index contributed by atoms with van der Waals surface area (Å²) < 4.78 is 22.6. The number of aliphatic hydroxyl groups excluding tert-OH is 1. The predicted molar refractivity (Wildman–Crippen MR) is 120 cm³/mol. The molecule has 3 heterocycles. The van der Waals surface area contributed by atoms with Crippen LogP contribution in [0.1, 0.15) is 42.9 Å². The monoisotopic (exact) mass is 458 g/mol. The number of non-ortho nitro benzene ring substituents is 1. The highest BCUT2D eigenvalue weighted by Gasteiger charge is 2.28. The van der Waals surface area contributed by atoms with Gasteiger partial charge in [-0.05, 0) is 55.4 Å². The smallest absolute Gasteiger partial charge is 0.270 e. The van der Waals surface area contributed by atoms with E-state index in [0.717, 1.165) is 36.0 Å². The van der Waals surface area contributed by atoms with Crippen molar-refractivity contribution in [1.82, 2.24) is 4.98 Å². The van der Waals surface area contributed by atoms with Gasteiger partial charge >= 0.3 is 0 Å². The van der Waals surface area contributed by atoms with E-state index in [1.54, 1.807) is 18.2 Å². The van der Waals surface area contributed by atoms with Crippen LogP contribution in [0.2, 0.25) is 0 Å². The highest BCUT2D eigenvalue weighted by molar-refractivity contribution is 5.71. The minimum absolute atomic E-state index is 0.0170. The summed E-state index contributed by atoms with van der Waals surface area (Å²) in [6.45, 7) is 4.06. The molecule has 4 rings (SSSR count). The summed E-state index contributed by atoms with van der Waals surface area (Å²) in [5, 5.41) is 21.8. The van der Waals surface area contributed by atoms with Crippen LogP contribution in [0.3, 0.4) is 0 Å². The molecular weight excluding hydrogens is 428 g/mol. The summed E-state index contributed by atoms with van der Waals surface area (Å²) in [5.41, 5.74) is 3.08. The Labute approximate surface area is 192 Å². The first-order chi connectivity index (χ1) is 16.0. The molecule has 3 atom stereocenters. The number of ether oxygens (including phenoxy) is 4. The maximum atomic E-state index is 11.3. The quantitative estimate of drug-likeness (QED) is 0.361. The van der Waals surface area contributed by atoms with Gasteiger partial charge in [-0.25, -0.2) is 4.98 Å². The number of hydrogen-bond donors (Lipinski definition) is 1. The molecule has 9 nitrogen and oxygen atoms in total. The normalized spacial score (nSPS) is 23.3. The zero-order valence-corrected chi connectivity index (χ0v) is 18.8. The summed E-state index contributed by atoms with van der Waals surface area (Å²) in [6, 6.07) is 8.44. The van der Waals surface area contributed by atoms with Gasteiger partial charge in [0.1, 0.15) is 6.61 Å². The molecule has 0 saturated carbocycles. The first-order valence-electron chi connectivity index (χ1n) is 11.4. The molecule has 33 heavy (non-hydrogen) atoms. The van der Waals surface area contributed by atoms with Gasteiger partial charge in [-0.3, -0.25) is 10.1 Å². The molecule has 0 bridgehead atoms. The fourth-order valence-corrected chi connectivity index (χ4v) is 4.22. The van der Waals surface area contributed by atoms with Crippen molar-refractivity contribution in [1.29, 1.82) is 0 Å². The number of aromatic nitrogens is 1. The van der Waals surface area contributed by atoms with E-state index in [1.165, 1.54) is 6.07 Å². The number of pyridine rings is 1. The zero-order chi connectivity index (χ0) is 23.2. The van der Waals surface area contributed by atoms with Crippen LogP contribution in [0.15, 0.2) is 30.3 Å². The minimum Gasteiger partial charge on any atom is -0.475 e. The Bertz CT molecular complexity index is 962. The summed E-state index contributed by atoms with van der Waals surface area (Å²) in [7, 11) is 0. The van der Waals surface area contributed by atoms with Crippen LogP contribution in [-0.4, -0.2) is 60.4 Å². The first kappa shape index (κ1) is 23.6. The second-order valence-corrected chi connectivity index (χ2v) is 8.43. The van der Waals surface area contributed by atoms with E-state index in [2.05, 4.69) is 4.98 Å². The molecule has 2 saturated heterocycles. The lowest BCUT2D eigenvalue weighted by atomic mass is 9.91. The number of benzene rings is 1. The molecule has 1 aromatic heterocycles. The number of nitrogens with zero attached hydrogens (tertiary/aromatic N) is 2. The topological polar surface area (TPSA) is 113 Å². The van der Waals surface area contributed by atoms with Gasteiger partial charge in [0.2, 0.25) is 5.88 Å². The minimum atomic E-state index is -0.674. The number of aliphatic hydroxyl groups is 1. The maximum Gasteiger partial charge on any atom is 0.270 e. The molecule has 3 unspecified atom stereocenters. The van der Waals surface area contributed by atoms with Gasteiger partial charge < -0.3 is 24.1 Å². The number of nitro groups is 1. The Hall–Kier alpha value is -2.59. The fraction of sp³-hybridized carbons (Fsp3) is 0.542. The molecule has 9 heteroatoms. The SMILES string of the molecule is Cc1ccc([N+](=O)[O-])cc1-c1cc(OCCOC2CCCCO2)nc(C2CCOCC2O)c1. The third-order valence-corrected chi connectivity index (χ3v) is 6.05. The van der Waals surface area contributed by atoms with E-state index in [-0.39, 0.29) is 24.5 Å². The molecular formula is C24H30N2O7. The van der Waals surface area contributed by atoms with E-state index in [9.17, 15) is 15.2 Å². The summed E-state index contributed by atoms with van der Waals surface area (Å²) in [6.07, 6.45) is 2.80. The third kappa shape index (κ3) is 6.05. The molecule has 1 N–H and O–H groups in total. The van der Waals surface area contributed by atoms with E-state index >= 15 is 0 Å². The second-order valence-electron chi connectivity index (χ2n) is 8.43. The van der Waals surface area contributed by atoms with Crippen LogP contribution in [0.5, 0.6) is 5.88 Å². The number of rotatable bonds is 8. The fourth-order valence-electron chi connectivity index (χ4n) is 4.22. The largest absolute Gasteiger partial charge is 0.475 e. The van der Waals surface area contributed by atoms with Gasteiger partial charge in [-0.2, -0.15) is 0 Å². The molecule has 0 aliphatic carbocycles. The van der Waals surface area contributed by atoms with E-state index < -0.39 is 11.0 Å². The van der Waals surface area contributed by atoms with Gasteiger partial charge in [-0.1, -0.05) is 6.07 Å². The third-order valence-electron chi connectivity index (χ3n) is 6.05. The first-order valence-corrected chi connectivity index (χ1v) is 11.4. The molecule has 2 aliphatic rings. The Morgan fingerprint density at radius 3 is 2.82 bits per heavy atom. The highest BCUT2D eigenvalue weighted by atomic mass is 16.7. The summed E-state index contributed by atoms with van der Waals surface area (Å²) in [5.74, 6) is 0.187. The van der Waals surface area contributed by atoms with Crippen molar-refractivity contribution in [3.8, 4) is 17.0 Å². The lowest BCUT2D eigenvalue weighted by molar-refractivity contribution is -0.384. The summed E-state index contributed by atoms with van der Waals surface area (Å²) >= 11 is 0. The lowest BCUT2D eigenvalue weighted by Gasteiger charge is -2.28. The van der Waals surface area contributed by atoms with Crippen LogP contribution >= 0.6 is 0 Å².